The van der Waals surface area contributed by atoms with Gasteiger partial charge in [-0.05, 0) is 18.7 Å². The molecule has 0 aromatic heterocycles. The molecule has 1 amide bonds. The first kappa shape index (κ1) is 14.4. The standard InChI is InChI=1S/C6H7F6NOS/c1-2-13-4(14)15-3(5(7,8)9)6(10,11)12/h3H,2H2,1H3,(H,13,14). The summed E-state index contributed by atoms with van der Waals surface area (Å²) < 4.78 is 71.4. The summed E-state index contributed by atoms with van der Waals surface area (Å²) >= 11 is -0.817. The number of carbonyl (C=O) groups excluding carboxylic acids is 1. The molecule has 1 N–H and O–H groups in total. The Hall–Kier alpha value is -0.600. The number of hydrogen-bond acceptors (Lipinski definition) is 2. The highest BCUT2D eigenvalue weighted by atomic mass is 32.2. The second-order valence-electron chi connectivity index (χ2n) is 2.40. The van der Waals surface area contributed by atoms with E-state index in [4.69, 9.17) is 0 Å². The van der Waals surface area contributed by atoms with Crippen LogP contribution in [-0.2, 0) is 0 Å². The Labute approximate surface area is 85.4 Å². The van der Waals surface area contributed by atoms with Crippen molar-refractivity contribution in [3.05, 3.63) is 0 Å². The first-order valence-electron chi connectivity index (χ1n) is 3.67. The number of alkyl halides is 6. The summed E-state index contributed by atoms with van der Waals surface area (Å²) in [7, 11) is 0. The Morgan fingerprint density at radius 2 is 1.60 bits per heavy atom. The minimum atomic E-state index is -5.49. The van der Waals surface area contributed by atoms with Gasteiger partial charge in [-0.25, -0.2) is 0 Å². The third-order valence-corrected chi connectivity index (χ3v) is 2.27. The van der Waals surface area contributed by atoms with E-state index in [1.165, 1.54) is 6.92 Å². The summed E-state index contributed by atoms with van der Waals surface area (Å²) in [4.78, 5) is 10.6. The van der Waals surface area contributed by atoms with Gasteiger partial charge in [-0.15, -0.1) is 0 Å². The van der Waals surface area contributed by atoms with E-state index in [2.05, 4.69) is 0 Å². The van der Waals surface area contributed by atoms with Crippen molar-refractivity contribution < 1.29 is 31.1 Å². The van der Waals surface area contributed by atoms with E-state index < -0.39 is 34.6 Å². The molecular formula is C6H7F6NOS. The number of carbonyl (C=O) groups is 1. The molecule has 0 bridgehead atoms. The zero-order valence-corrected chi connectivity index (χ0v) is 8.19. The van der Waals surface area contributed by atoms with Crippen LogP contribution < -0.4 is 5.32 Å². The van der Waals surface area contributed by atoms with Gasteiger partial charge in [0, 0.05) is 6.54 Å². The number of rotatable bonds is 2. The van der Waals surface area contributed by atoms with Crippen LogP contribution in [0.15, 0.2) is 0 Å². The maximum absolute atomic E-state index is 11.9. The Bertz CT molecular complexity index is 211. The Morgan fingerprint density at radius 1 is 1.20 bits per heavy atom. The maximum atomic E-state index is 11.9. The van der Waals surface area contributed by atoms with Gasteiger partial charge < -0.3 is 5.32 Å². The molecule has 0 saturated carbocycles. The van der Waals surface area contributed by atoms with Gasteiger partial charge >= 0.3 is 12.4 Å². The minimum Gasteiger partial charge on any atom is -0.347 e. The molecule has 0 radical (unpaired) electrons. The van der Waals surface area contributed by atoms with Crippen molar-refractivity contribution in [2.45, 2.75) is 24.5 Å². The van der Waals surface area contributed by atoms with Gasteiger partial charge in [0.05, 0.1) is 0 Å². The molecule has 0 saturated heterocycles. The molecule has 0 heterocycles. The van der Waals surface area contributed by atoms with Crippen molar-refractivity contribution in [3.63, 3.8) is 0 Å². The number of nitrogens with one attached hydrogen (secondary N) is 1. The van der Waals surface area contributed by atoms with Crippen molar-refractivity contribution in [2.24, 2.45) is 0 Å². The van der Waals surface area contributed by atoms with Gasteiger partial charge in [-0.3, -0.25) is 4.79 Å². The summed E-state index contributed by atoms with van der Waals surface area (Å²) in [6.45, 7) is 1.35. The highest BCUT2D eigenvalue weighted by Crippen LogP contribution is 2.41. The topological polar surface area (TPSA) is 29.1 Å². The van der Waals surface area contributed by atoms with Crippen LogP contribution in [0.3, 0.4) is 0 Å². The highest BCUT2D eigenvalue weighted by molar-refractivity contribution is 8.14. The SMILES string of the molecule is CCNC(=O)SC(C(F)(F)F)C(F)(F)F. The molecule has 0 aliphatic rings. The molecule has 0 aromatic carbocycles. The van der Waals surface area contributed by atoms with Crippen LogP contribution in [-0.4, -0.2) is 29.4 Å². The average Bonchev–Trinajstić information content (AvgIpc) is 1.96. The molecule has 0 aliphatic heterocycles. The molecule has 15 heavy (non-hydrogen) atoms. The molecule has 90 valence electrons. The van der Waals surface area contributed by atoms with E-state index >= 15 is 0 Å². The average molecular weight is 255 g/mol. The monoisotopic (exact) mass is 255 g/mol. The summed E-state index contributed by atoms with van der Waals surface area (Å²) in [5.74, 6) is 0. The molecular weight excluding hydrogens is 248 g/mol. The van der Waals surface area contributed by atoms with E-state index in [1.54, 1.807) is 0 Å². The second kappa shape index (κ2) is 4.95. The largest absolute Gasteiger partial charge is 0.409 e. The lowest BCUT2D eigenvalue weighted by Gasteiger charge is -2.21. The zero-order chi connectivity index (χ0) is 12.3. The van der Waals surface area contributed by atoms with Crippen molar-refractivity contribution in [3.8, 4) is 0 Å². The normalized spacial score (nSPS) is 13.1. The molecule has 9 heteroatoms. The van der Waals surface area contributed by atoms with Crippen molar-refractivity contribution in [1.82, 2.24) is 5.32 Å². The third kappa shape index (κ3) is 5.14. The summed E-state index contributed by atoms with van der Waals surface area (Å²) in [6, 6.07) is 0. The van der Waals surface area contributed by atoms with Crippen LogP contribution in [0.1, 0.15) is 6.92 Å². The van der Waals surface area contributed by atoms with Crippen LogP contribution in [0.2, 0.25) is 0 Å². The molecule has 0 aliphatic carbocycles. The first-order chi connectivity index (χ1) is 6.59. The Kier molecular flexibility index (Phi) is 4.75. The van der Waals surface area contributed by atoms with E-state index in [0.29, 0.717) is 0 Å². The summed E-state index contributed by atoms with van der Waals surface area (Å²) in [6.07, 6.45) is -11.0. The van der Waals surface area contributed by atoms with E-state index in [-0.39, 0.29) is 6.54 Å². The number of halogens is 6. The van der Waals surface area contributed by atoms with Gasteiger partial charge in [0.2, 0.25) is 5.25 Å². The minimum absolute atomic E-state index is 0.0335. The zero-order valence-electron chi connectivity index (χ0n) is 7.37. The lowest BCUT2D eigenvalue weighted by atomic mass is 10.4. The molecule has 0 atom stereocenters. The number of hydrogen-bond donors (Lipinski definition) is 1. The quantitative estimate of drug-likeness (QED) is 0.768. The summed E-state index contributed by atoms with van der Waals surface area (Å²) in [5.41, 5.74) is 0. The smallest absolute Gasteiger partial charge is 0.347 e. The van der Waals surface area contributed by atoms with E-state index in [9.17, 15) is 31.1 Å². The van der Waals surface area contributed by atoms with Crippen LogP contribution in [0.5, 0.6) is 0 Å². The third-order valence-electron chi connectivity index (χ3n) is 1.14. The van der Waals surface area contributed by atoms with E-state index in [1.807, 2.05) is 5.32 Å². The van der Waals surface area contributed by atoms with Gasteiger partial charge in [0.1, 0.15) is 0 Å². The van der Waals surface area contributed by atoms with Crippen LogP contribution in [0.25, 0.3) is 0 Å². The van der Waals surface area contributed by atoms with Crippen molar-refractivity contribution in [2.75, 3.05) is 6.54 Å². The van der Waals surface area contributed by atoms with Crippen LogP contribution in [0, 0.1) is 0 Å². The second-order valence-corrected chi connectivity index (χ2v) is 3.48. The van der Waals surface area contributed by atoms with Gasteiger partial charge in [-0.1, -0.05) is 0 Å². The molecule has 0 rings (SSSR count). The van der Waals surface area contributed by atoms with Crippen LogP contribution >= 0.6 is 11.8 Å². The Balaban J connectivity index is 4.62. The predicted molar refractivity (Wildman–Crippen MR) is 42.6 cm³/mol. The lowest BCUT2D eigenvalue weighted by Crippen LogP contribution is -2.41. The highest BCUT2D eigenvalue weighted by Gasteiger charge is 2.58. The molecule has 0 unspecified atom stereocenters. The fraction of sp³-hybridized carbons (Fsp3) is 0.833. The van der Waals surface area contributed by atoms with Crippen molar-refractivity contribution >= 4 is 17.0 Å². The maximum Gasteiger partial charge on any atom is 0.409 e. The van der Waals surface area contributed by atoms with Gasteiger partial charge in [0.15, 0.2) is 0 Å². The van der Waals surface area contributed by atoms with E-state index in [0.717, 1.165) is 0 Å². The van der Waals surface area contributed by atoms with Crippen molar-refractivity contribution in [1.29, 1.82) is 0 Å². The Morgan fingerprint density at radius 3 is 1.87 bits per heavy atom. The number of thioether (sulfide) groups is 1. The lowest BCUT2D eigenvalue weighted by molar-refractivity contribution is -0.223. The summed E-state index contributed by atoms with van der Waals surface area (Å²) in [5, 5.41) is -3.19. The molecule has 2 nitrogen and oxygen atoms in total. The molecule has 0 spiro atoms. The van der Waals surface area contributed by atoms with Crippen LogP contribution in [0.4, 0.5) is 31.1 Å². The predicted octanol–water partition coefficient (Wildman–Crippen LogP) is 2.94. The first-order valence-corrected chi connectivity index (χ1v) is 4.55. The fourth-order valence-corrected chi connectivity index (χ4v) is 1.32. The molecule has 0 fully saturated rings. The van der Waals surface area contributed by atoms with Gasteiger partial charge in [0.25, 0.3) is 5.24 Å². The number of amides is 1. The fourth-order valence-electron chi connectivity index (χ4n) is 0.612. The van der Waals surface area contributed by atoms with Gasteiger partial charge in [-0.2, -0.15) is 26.3 Å². The molecule has 0 aromatic rings.